The van der Waals surface area contributed by atoms with Crippen LogP contribution in [0.3, 0.4) is 0 Å². The molecule has 1 saturated heterocycles. The van der Waals surface area contributed by atoms with E-state index >= 15 is 0 Å². The van der Waals surface area contributed by atoms with Crippen LogP contribution in [0.5, 0.6) is 17.5 Å². The number of aromatic hydroxyl groups is 1. The number of anilines is 1. The molecule has 0 unspecified atom stereocenters. The molecule has 1 fully saturated rings. The van der Waals surface area contributed by atoms with Crippen LogP contribution in [0.1, 0.15) is 0 Å². The summed E-state index contributed by atoms with van der Waals surface area (Å²) in [5.41, 5.74) is 0.443. The van der Waals surface area contributed by atoms with Gasteiger partial charge >= 0.3 is 6.01 Å². The van der Waals surface area contributed by atoms with Crippen LogP contribution < -0.4 is 14.4 Å². The molecule has 0 aliphatic carbocycles. The van der Waals surface area contributed by atoms with E-state index in [2.05, 4.69) is 16.5 Å². The number of hydrogen-bond donors (Lipinski definition) is 1. The van der Waals surface area contributed by atoms with E-state index < -0.39 is 5.82 Å². The highest BCUT2D eigenvalue weighted by atomic mass is 35.5. The van der Waals surface area contributed by atoms with E-state index in [1.807, 2.05) is 4.90 Å². The molecule has 172 valence electrons. The van der Waals surface area contributed by atoms with Gasteiger partial charge in [0.25, 0.3) is 0 Å². The molecular formula is C23H22ClFN4O4. The topological polar surface area (TPSA) is 88.0 Å². The molecule has 2 heterocycles. The Morgan fingerprint density at radius 3 is 2.52 bits per heavy atom. The molecule has 10 heteroatoms. The van der Waals surface area contributed by atoms with Crippen LogP contribution in [0.4, 0.5) is 10.2 Å². The Morgan fingerprint density at radius 2 is 1.91 bits per heavy atom. The number of carbonyl (C=O) groups is 1. The van der Waals surface area contributed by atoms with E-state index in [4.69, 9.17) is 21.1 Å². The Balaban J connectivity index is 1.90. The Labute approximate surface area is 194 Å². The molecule has 1 N–H and O–H groups in total. The minimum Gasteiger partial charge on any atom is -0.507 e. The maximum Gasteiger partial charge on any atom is 0.318 e. The van der Waals surface area contributed by atoms with Gasteiger partial charge < -0.3 is 24.4 Å². The lowest BCUT2D eigenvalue weighted by molar-refractivity contribution is -0.126. The molecule has 1 amide bonds. The summed E-state index contributed by atoms with van der Waals surface area (Å²) in [6, 6.07) is 5.71. The quantitative estimate of drug-likeness (QED) is 0.567. The summed E-state index contributed by atoms with van der Waals surface area (Å²) in [7, 11) is 2.86. The maximum absolute atomic E-state index is 14.7. The van der Waals surface area contributed by atoms with Crippen molar-refractivity contribution in [2.45, 2.75) is 0 Å². The van der Waals surface area contributed by atoms with Gasteiger partial charge in [-0.3, -0.25) is 4.79 Å². The van der Waals surface area contributed by atoms with Crippen molar-refractivity contribution in [1.82, 2.24) is 14.9 Å². The van der Waals surface area contributed by atoms with Crippen molar-refractivity contribution in [3.63, 3.8) is 0 Å². The third-order valence-electron chi connectivity index (χ3n) is 5.55. The van der Waals surface area contributed by atoms with Gasteiger partial charge in [-0.15, -0.1) is 0 Å². The van der Waals surface area contributed by atoms with Crippen LogP contribution in [-0.2, 0) is 4.79 Å². The van der Waals surface area contributed by atoms with Crippen LogP contribution in [0.15, 0.2) is 36.9 Å². The molecule has 0 saturated carbocycles. The van der Waals surface area contributed by atoms with Crippen molar-refractivity contribution in [3.05, 3.63) is 47.8 Å². The van der Waals surface area contributed by atoms with Gasteiger partial charge in [0.1, 0.15) is 22.9 Å². The monoisotopic (exact) mass is 472 g/mol. The van der Waals surface area contributed by atoms with Gasteiger partial charge in [0.2, 0.25) is 5.91 Å². The van der Waals surface area contributed by atoms with Crippen molar-refractivity contribution < 1.29 is 23.8 Å². The Hall–Kier alpha value is -3.59. The smallest absolute Gasteiger partial charge is 0.318 e. The Morgan fingerprint density at radius 1 is 1.18 bits per heavy atom. The van der Waals surface area contributed by atoms with Gasteiger partial charge in [-0.05, 0) is 24.3 Å². The second-order valence-electron chi connectivity index (χ2n) is 7.35. The second kappa shape index (κ2) is 9.11. The molecule has 0 atom stereocenters. The molecule has 3 aromatic rings. The largest absolute Gasteiger partial charge is 0.507 e. The lowest BCUT2D eigenvalue weighted by Gasteiger charge is -2.35. The van der Waals surface area contributed by atoms with E-state index in [1.54, 1.807) is 11.0 Å². The molecule has 2 aromatic carbocycles. The van der Waals surface area contributed by atoms with Crippen molar-refractivity contribution in [2.75, 3.05) is 45.3 Å². The molecule has 0 radical (unpaired) electrons. The van der Waals surface area contributed by atoms with E-state index in [9.17, 15) is 14.3 Å². The Bertz CT molecular complexity index is 1220. The third kappa shape index (κ3) is 4.00. The minimum atomic E-state index is -0.654. The molecule has 4 rings (SSSR count). The summed E-state index contributed by atoms with van der Waals surface area (Å²) in [4.78, 5) is 24.6. The highest BCUT2D eigenvalue weighted by molar-refractivity contribution is 6.35. The molecular weight excluding hydrogens is 451 g/mol. The zero-order valence-electron chi connectivity index (χ0n) is 18.1. The second-order valence-corrected chi connectivity index (χ2v) is 7.75. The predicted octanol–water partition coefficient (Wildman–Crippen LogP) is 3.65. The molecule has 33 heavy (non-hydrogen) atoms. The number of phenolic OH excluding ortho intramolecular Hbond substituents is 1. The lowest BCUT2D eigenvalue weighted by atomic mass is 10.00. The summed E-state index contributed by atoms with van der Waals surface area (Å²) in [6.45, 7) is 5.55. The number of phenols is 1. The number of aromatic nitrogens is 2. The number of carbonyl (C=O) groups excluding carboxylic acids is 1. The first-order chi connectivity index (χ1) is 15.9. The van der Waals surface area contributed by atoms with Gasteiger partial charge in [0, 0.05) is 31.6 Å². The number of piperazine rings is 1. The van der Waals surface area contributed by atoms with Crippen molar-refractivity contribution in [2.24, 2.45) is 0 Å². The molecule has 0 spiro atoms. The molecule has 0 bridgehead atoms. The average Bonchev–Trinajstić information content (AvgIpc) is 2.83. The first-order valence-corrected chi connectivity index (χ1v) is 10.5. The summed E-state index contributed by atoms with van der Waals surface area (Å²) in [6.07, 6.45) is 1.29. The number of amides is 1. The fraction of sp³-hybridized carbons (Fsp3) is 0.261. The lowest BCUT2D eigenvalue weighted by Crippen LogP contribution is -2.48. The number of nitrogens with zero attached hydrogens (tertiary/aromatic N) is 4. The van der Waals surface area contributed by atoms with E-state index in [0.717, 1.165) is 0 Å². The van der Waals surface area contributed by atoms with Crippen LogP contribution in [0.25, 0.3) is 22.0 Å². The van der Waals surface area contributed by atoms with Crippen LogP contribution >= 0.6 is 11.6 Å². The number of fused-ring (bicyclic) bond motifs is 1. The normalized spacial score (nSPS) is 13.8. The van der Waals surface area contributed by atoms with Gasteiger partial charge in [-0.25, -0.2) is 4.39 Å². The van der Waals surface area contributed by atoms with Crippen LogP contribution in [0, 0.1) is 5.82 Å². The number of hydrogen-bond acceptors (Lipinski definition) is 7. The average molecular weight is 473 g/mol. The van der Waals surface area contributed by atoms with Gasteiger partial charge in [0.15, 0.2) is 5.75 Å². The standard InChI is InChI=1S/C23H22ClFN4O4/c1-4-17(31)28-8-10-29(11-9-28)22-13-12-14(24)18(19-15(25)6-5-7-16(19)30)21(32-2)20(13)26-23(27-22)33-3/h4-7,12,30H,1,8-11H2,2-3H3. The zero-order chi connectivity index (χ0) is 23.7. The van der Waals surface area contributed by atoms with E-state index in [1.165, 1.54) is 38.5 Å². The van der Waals surface area contributed by atoms with Crippen molar-refractivity contribution in [3.8, 4) is 28.6 Å². The number of ether oxygens (including phenoxy) is 2. The Kier molecular flexibility index (Phi) is 6.24. The van der Waals surface area contributed by atoms with Gasteiger partial charge in [-0.1, -0.05) is 24.2 Å². The van der Waals surface area contributed by atoms with Crippen molar-refractivity contribution in [1.29, 1.82) is 0 Å². The number of benzene rings is 2. The summed E-state index contributed by atoms with van der Waals surface area (Å²) in [5, 5.41) is 11.1. The molecule has 1 aliphatic heterocycles. The SMILES string of the molecule is C=CC(=O)N1CCN(c2nc(OC)nc3c(OC)c(-c4c(O)cccc4F)c(Cl)cc23)CC1. The first kappa shape index (κ1) is 22.6. The fourth-order valence-corrected chi connectivity index (χ4v) is 4.25. The fourth-order valence-electron chi connectivity index (χ4n) is 3.96. The maximum atomic E-state index is 14.7. The highest BCUT2D eigenvalue weighted by Crippen LogP contribution is 2.47. The summed E-state index contributed by atoms with van der Waals surface area (Å²) in [5.74, 6) is -0.330. The third-order valence-corrected chi connectivity index (χ3v) is 5.85. The van der Waals surface area contributed by atoms with E-state index in [-0.39, 0.29) is 39.6 Å². The molecule has 8 nitrogen and oxygen atoms in total. The predicted molar refractivity (Wildman–Crippen MR) is 124 cm³/mol. The zero-order valence-corrected chi connectivity index (χ0v) is 18.9. The van der Waals surface area contributed by atoms with Gasteiger partial charge in [0.05, 0.1) is 30.4 Å². The molecule has 1 aromatic heterocycles. The van der Waals surface area contributed by atoms with Gasteiger partial charge in [-0.2, -0.15) is 9.97 Å². The van der Waals surface area contributed by atoms with Crippen LogP contribution in [0.2, 0.25) is 5.02 Å². The number of halogens is 2. The van der Waals surface area contributed by atoms with E-state index in [0.29, 0.717) is 42.9 Å². The van der Waals surface area contributed by atoms with Crippen LogP contribution in [-0.4, -0.2) is 66.3 Å². The van der Waals surface area contributed by atoms with Crippen molar-refractivity contribution >= 4 is 34.2 Å². The summed E-state index contributed by atoms with van der Waals surface area (Å²) >= 11 is 6.61. The summed E-state index contributed by atoms with van der Waals surface area (Å²) < 4.78 is 25.6. The number of rotatable bonds is 5. The number of methoxy groups -OCH3 is 2. The molecule has 1 aliphatic rings. The highest BCUT2D eigenvalue weighted by Gasteiger charge is 2.27. The first-order valence-electron chi connectivity index (χ1n) is 10.2. The minimum absolute atomic E-state index is 0.0862.